The topological polar surface area (TPSA) is 72.5 Å². The van der Waals surface area contributed by atoms with Crippen LogP contribution in [0.25, 0.3) is 28.0 Å². The van der Waals surface area contributed by atoms with Gasteiger partial charge in [0.25, 0.3) is 0 Å². The van der Waals surface area contributed by atoms with Crippen LogP contribution in [0.4, 0.5) is 13.2 Å². The molecule has 0 aliphatic carbocycles. The maximum Gasteiger partial charge on any atom is 0.389 e. The molecule has 0 atom stereocenters. The van der Waals surface area contributed by atoms with Gasteiger partial charge in [0.15, 0.2) is 5.78 Å². The molecule has 42 heavy (non-hydrogen) atoms. The van der Waals surface area contributed by atoms with E-state index in [0.29, 0.717) is 17.6 Å². The Morgan fingerprint density at radius 3 is 2.43 bits per heavy atom. The van der Waals surface area contributed by atoms with E-state index < -0.39 is 30.3 Å². The molecule has 10 heteroatoms. The van der Waals surface area contributed by atoms with Crippen molar-refractivity contribution in [1.82, 2.24) is 24.1 Å². The van der Waals surface area contributed by atoms with Gasteiger partial charge in [0.05, 0.1) is 24.5 Å². The summed E-state index contributed by atoms with van der Waals surface area (Å²) in [6, 6.07) is 11.1. The second kappa shape index (κ2) is 13.0. The monoisotopic (exact) mass is 581 g/mol. The van der Waals surface area contributed by atoms with Gasteiger partial charge in [-0.25, -0.2) is 4.98 Å². The van der Waals surface area contributed by atoms with Crippen molar-refractivity contribution in [2.75, 3.05) is 19.6 Å². The molecule has 0 radical (unpaired) electrons. The summed E-state index contributed by atoms with van der Waals surface area (Å²) in [5, 5.41) is 4.52. The van der Waals surface area contributed by atoms with E-state index in [-0.39, 0.29) is 12.2 Å². The second-order valence-electron chi connectivity index (χ2n) is 11.1. The van der Waals surface area contributed by atoms with Crippen LogP contribution < -0.4 is 0 Å². The zero-order valence-corrected chi connectivity index (χ0v) is 24.6. The van der Waals surface area contributed by atoms with Gasteiger partial charge in [-0.1, -0.05) is 32.0 Å². The number of alkyl halides is 3. The zero-order chi connectivity index (χ0) is 30.5. The molecule has 0 aliphatic rings. The predicted molar refractivity (Wildman–Crippen MR) is 157 cm³/mol. The van der Waals surface area contributed by atoms with E-state index in [2.05, 4.69) is 28.8 Å². The van der Waals surface area contributed by atoms with Crippen molar-refractivity contribution in [3.63, 3.8) is 0 Å². The fraction of sp³-hybridized carbons (Fsp3) is 0.438. The Bertz CT molecular complexity index is 1530. The van der Waals surface area contributed by atoms with Crippen molar-refractivity contribution in [2.45, 2.75) is 71.5 Å². The normalized spacial score (nSPS) is 12.4. The summed E-state index contributed by atoms with van der Waals surface area (Å²) in [6.45, 7) is 10.9. The minimum Gasteiger partial charge on any atom is -0.304 e. The zero-order valence-electron chi connectivity index (χ0n) is 24.6. The van der Waals surface area contributed by atoms with E-state index in [4.69, 9.17) is 0 Å². The number of nitrogens with zero attached hydrogens (tertiary/aromatic N) is 5. The summed E-state index contributed by atoms with van der Waals surface area (Å²) >= 11 is 0. The molecule has 0 fully saturated rings. The Hall–Kier alpha value is -3.79. The first kappa shape index (κ1) is 31.2. The molecule has 7 nitrogen and oxygen atoms in total. The highest BCUT2D eigenvalue weighted by atomic mass is 19.4. The molecule has 0 amide bonds. The molecule has 0 spiro atoms. The number of benzene rings is 1. The second-order valence-corrected chi connectivity index (χ2v) is 11.1. The molecule has 0 aliphatic heterocycles. The number of pyridine rings is 1. The first-order valence-corrected chi connectivity index (χ1v) is 14.4. The van der Waals surface area contributed by atoms with Crippen molar-refractivity contribution >= 4 is 17.2 Å². The summed E-state index contributed by atoms with van der Waals surface area (Å²) in [5.74, 6) is -0.306. The number of ketones is 2. The molecular weight excluding hydrogens is 543 g/mol. The SMILES string of the molecule is CCN(CC)CCCC(=O)C(C)(C)n1cc(-c2ccn3c(-c4cccc(CC(=O)CCC(F)(F)F)c4)cnc3c2)cn1. The van der Waals surface area contributed by atoms with E-state index in [1.165, 1.54) is 0 Å². The third-order valence-electron chi connectivity index (χ3n) is 7.77. The Balaban J connectivity index is 1.47. The van der Waals surface area contributed by atoms with Crippen molar-refractivity contribution in [3.05, 3.63) is 66.7 Å². The third kappa shape index (κ3) is 7.53. The van der Waals surface area contributed by atoms with Crippen molar-refractivity contribution in [1.29, 1.82) is 0 Å². The standard InChI is InChI=1S/C32H38F3N5O2/c1-5-38(6-2)15-8-11-29(42)31(3,4)40-22-26(20-37-40)24-13-16-39-28(21-36-30(39)19-24)25-10-7-9-23(17-25)18-27(41)12-14-32(33,34)35/h7,9-10,13,16-17,19-22H,5-6,8,11-12,14-15,18H2,1-4H3. The average molecular weight is 582 g/mol. The highest BCUT2D eigenvalue weighted by Gasteiger charge is 2.30. The van der Waals surface area contributed by atoms with E-state index in [1.54, 1.807) is 29.2 Å². The Kier molecular flexibility index (Phi) is 9.66. The number of rotatable bonds is 14. The number of halogens is 3. The molecule has 0 unspecified atom stereocenters. The van der Waals surface area contributed by atoms with Crippen LogP contribution in [-0.2, 0) is 21.5 Å². The number of carbonyl (C=O) groups is 2. The molecule has 3 aromatic heterocycles. The smallest absolute Gasteiger partial charge is 0.304 e. The van der Waals surface area contributed by atoms with Gasteiger partial charge >= 0.3 is 6.18 Å². The number of carbonyl (C=O) groups excluding carboxylic acids is 2. The highest BCUT2D eigenvalue weighted by molar-refractivity contribution is 5.86. The van der Waals surface area contributed by atoms with Gasteiger partial charge in [-0.3, -0.25) is 18.7 Å². The minimum absolute atomic E-state index is 0.0520. The van der Waals surface area contributed by atoms with Crippen LogP contribution >= 0.6 is 0 Å². The van der Waals surface area contributed by atoms with Gasteiger partial charge in [0, 0.05) is 42.8 Å². The largest absolute Gasteiger partial charge is 0.389 e. The first-order valence-electron chi connectivity index (χ1n) is 14.4. The molecule has 1 aromatic carbocycles. The van der Waals surface area contributed by atoms with Crippen molar-refractivity contribution < 1.29 is 22.8 Å². The van der Waals surface area contributed by atoms with Crippen LogP contribution in [0.2, 0.25) is 0 Å². The van der Waals surface area contributed by atoms with E-state index in [1.807, 2.05) is 54.9 Å². The molecule has 0 saturated carbocycles. The minimum atomic E-state index is -4.34. The lowest BCUT2D eigenvalue weighted by atomic mass is 9.95. The van der Waals surface area contributed by atoms with Gasteiger partial charge in [-0.2, -0.15) is 18.3 Å². The summed E-state index contributed by atoms with van der Waals surface area (Å²) < 4.78 is 41.1. The number of imidazole rings is 1. The van der Waals surface area contributed by atoms with Crippen molar-refractivity contribution in [3.8, 4) is 22.4 Å². The molecular formula is C32H38F3N5O2. The molecule has 0 saturated heterocycles. The average Bonchev–Trinajstić information content (AvgIpc) is 3.62. The summed E-state index contributed by atoms with van der Waals surface area (Å²) in [4.78, 5) is 32.0. The van der Waals surface area contributed by atoms with Crippen LogP contribution in [0.1, 0.15) is 58.9 Å². The lowest BCUT2D eigenvalue weighted by Crippen LogP contribution is -2.36. The number of hydrogen-bond acceptors (Lipinski definition) is 5. The first-order chi connectivity index (χ1) is 19.9. The van der Waals surface area contributed by atoms with E-state index >= 15 is 0 Å². The molecule has 3 heterocycles. The fourth-order valence-corrected chi connectivity index (χ4v) is 5.03. The Morgan fingerprint density at radius 1 is 0.952 bits per heavy atom. The van der Waals surface area contributed by atoms with E-state index in [9.17, 15) is 22.8 Å². The van der Waals surface area contributed by atoms with Gasteiger partial charge in [-0.15, -0.1) is 0 Å². The van der Waals surface area contributed by atoms with E-state index in [0.717, 1.165) is 48.4 Å². The number of hydrogen-bond donors (Lipinski definition) is 0. The Labute approximate surface area is 244 Å². The Morgan fingerprint density at radius 2 is 1.71 bits per heavy atom. The predicted octanol–water partition coefficient (Wildman–Crippen LogP) is 6.75. The van der Waals surface area contributed by atoms with Crippen LogP contribution in [0, 0.1) is 0 Å². The number of fused-ring (bicyclic) bond motifs is 1. The molecule has 4 rings (SSSR count). The number of Topliss-reactive ketones (excluding diaryl/α,β-unsaturated/α-hetero) is 2. The van der Waals surface area contributed by atoms with Crippen LogP contribution in [0.3, 0.4) is 0 Å². The molecule has 0 bridgehead atoms. The summed E-state index contributed by atoms with van der Waals surface area (Å²) in [7, 11) is 0. The maximum absolute atomic E-state index is 13.1. The fourth-order valence-electron chi connectivity index (χ4n) is 5.03. The lowest BCUT2D eigenvalue weighted by Gasteiger charge is -2.25. The molecule has 0 N–H and O–H groups in total. The molecule has 4 aromatic rings. The van der Waals surface area contributed by atoms with Crippen LogP contribution in [0.15, 0.2) is 61.2 Å². The maximum atomic E-state index is 13.1. The molecule has 224 valence electrons. The van der Waals surface area contributed by atoms with Crippen LogP contribution in [0.5, 0.6) is 0 Å². The van der Waals surface area contributed by atoms with Gasteiger partial charge in [0.1, 0.15) is 17.0 Å². The van der Waals surface area contributed by atoms with Crippen molar-refractivity contribution in [2.24, 2.45) is 0 Å². The highest BCUT2D eigenvalue weighted by Crippen LogP contribution is 2.28. The third-order valence-corrected chi connectivity index (χ3v) is 7.77. The van der Waals surface area contributed by atoms with Gasteiger partial charge < -0.3 is 4.90 Å². The van der Waals surface area contributed by atoms with Crippen LogP contribution in [-0.4, -0.2) is 61.4 Å². The van der Waals surface area contributed by atoms with Gasteiger partial charge in [0.2, 0.25) is 0 Å². The quantitative estimate of drug-likeness (QED) is 0.165. The number of aromatic nitrogens is 4. The lowest BCUT2D eigenvalue weighted by molar-refractivity contribution is -0.143. The summed E-state index contributed by atoms with van der Waals surface area (Å²) in [6.07, 6.45) is 2.54. The van der Waals surface area contributed by atoms with Gasteiger partial charge in [-0.05, 0) is 69.2 Å². The summed E-state index contributed by atoms with van der Waals surface area (Å²) in [5.41, 5.74) is 3.96.